The van der Waals surface area contributed by atoms with Gasteiger partial charge in [0, 0.05) is 66.3 Å². The van der Waals surface area contributed by atoms with E-state index in [2.05, 4.69) is 25.5 Å². The van der Waals surface area contributed by atoms with Crippen molar-refractivity contribution in [3.63, 3.8) is 0 Å². The van der Waals surface area contributed by atoms with E-state index in [1.807, 2.05) is 24.3 Å². The summed E-state index contributed by atoms with van der Waals surface area (Å²) >= 11 is 6.53. The number of aromatic nitrogens is 2. The van der Waals surface area contributed by atoms with Crippen molar-refractivity contribution < 1.29 is 14.6 Å². The van der Waals surface area contributed by atoms with Gasteiger partial charge in [-0.15, -0.1) is 0 Å². The quantitative estimate of drug-likeness (QED) is 0.277. The van der Waals surface area contributed by atoms with Crippen LogP contribution in [0.5, 0.6) is 5.75 Å². The molecule has 1 aromatic heterocycles. The lowest BCUT2D eigenvalue weighted by Crippen LogP contribution is -2.45. The van der Waals surface area contributed by atoms with Gasteiger partial charge < -0.3 is 31.1 Å². The minimum Gasteiger partial charge on any atom is -0.495 e. The van der Waals surface area contributed by atoms with Crippen molar-refractivity contribution >= 4 is 40.4 Å². The van der Waals surface area contributed by atoms with Crippen LogP contribution in [0, 0.1) is 0 Å². The number of ether oxygens (including phenoxy) is 1. The number of β-amino-alcohol motifs (C(OH)–C–C–N with tert-alkyl or cyclic N) is 1. The molecular weight excluding hydrogens is 554 g/mol. The van der Waals surface area contributed by atoms with E-state index in [9.17, 15) is 4.79 Å². The first-order valence-corrected chi connectivity index (χ1v) is 14.5. The number of hydrogen-bond donors (Lipinski definition) is 4. The number of aliphatic hydroxyl groups is 1. The number of hydrogen-bond acceptors (Lipinski definition) is 9. The average molecular weight is 590 g/mol. The largest absolute Gasteiger partial charge is 0.495 e. The van der Waals surface area contributed by atoms with Gasteiger partial charge in [0.2, 0.25) is 5.95 Å². The van der Waals surface area contributed by atoms with Crippen LogP contribution in [0.1, 0.15) is 46.4 Å². The maximum atomic E-state index is 13.0. The monoisotopic (exact) mass is 589 g/mol. The van der Waals surface area contributed by atoms with E-state index < -0.39 is 0 Å². The molecule has 2 heterocycles. The molecule has 11 heteroatoms. The molecule has 2 aromatic carbocycles. The van der Waals surface area contributed by atoms with Gasteiger partial charge >= 0.3 is 0 Å². The molecule has 1 aliphatic carbocycles. The second kappa shape index (κ2) is 13.3. The standard InChI is InChI=1S/C31H36ClN7O3/c1-34-29(22-5-3-4-6-23(22)32)27-24(33)9-7-20-18-35-31(38-28(20)27)37-25-10-8-19(17-26(25)42-2)30(41)36-21-11-13-39(14-12-21)15-16-40/h3-6,8,10,17-18,21,40H,7,9,11-16,33H2,1-2H3,(H,36,41)(H,35,37,38). The molecule has 2 aliphatic rings. The van der Waals surface area contributed by atoms with Gasteiger partial charge in [0.1, 0.15) is 5.75 Å². The third-order valence-corrected chi connectivity index (χ3v) is 8.05. The number of aliphatic hydroxyl groups excluding tert-OH is 1. The zero-order chi connectivity index (χ0) is 29.6. The van der Waals surface area contributed by atoms with Crippen molar-refractivity contribution in [3.05, 3.63) is 81.8 Å². The maximum absolute atomic E-state index is 13.0. The number of aliphatic imine (C=N–C) groups is 1. The fraction of sp³-hybridized carbons (Fsp3) is 0.355. The van der Waals surface area contributed by atoms with Gasteiger partial charge in [0.25, 0.3) is 5.91 Å². The average Bonchev–Trinajstić information content (AvgIpc) is 3.00. The number of aryl methyl sites for hydroxylation is 1. The molecule has 220 valence electrons. The molecule has 3 aromatic rings. The summed E-state index contributed by atoms with van der Waals surface area (Å²) in [5.74, 6) is 0.700. The van der Waals surface area contributed by atoms with Crippen molar-refractivity contribution in [1.82, 2.24) is 20.2 Å². The van der Waals surface area contributed by atoms with Gasteiger partial charge in [-0.05, 0) is 55.5 Å². The highest BCUT2D eigenvalue weighted by molar-refractivity contribution is 6.40. The highest BCUT2D eigenvalue weighted by atomic mass is 35.5. The minimum absolute atomic E-state index is 0.0946. The lowest BCUT2D eigenvalue weighted by Gasteiger charge is -2.31. The number of anilines is 2. The summed E-state index contributed by atoms with van der Waals surface area (Å²) in [5.41, 5.74) is 12.2. The Bertz CT molecular complexity index is 1520. The summed E-state index contributed by atoms with van der Waals surface area (Å²) in [4.78, 5) is 29.2. The van der Waals surface area contributed by atoms with Crippen LogP contribution in [0.15, 0.2) is 59.4 Å². The Balaban J connectivity index is 1.35. The fourth-order valence-electron chi connectivity index (χ4n) is 5.46. The molecule has 10 nitrogen and oxygen atoms in total. The van der Waals surface area contributed by atoms with Crippen LogP contribution in [-0.2, 0) is 6.42 Å². The number of carbonyl (C=O) groups is 1. The molecule has 1 amide bonds. The first-order chi connectivity index (χ1) is 20.4. The van der Waals surface area contributed by atoms with Crippen LogP contribution in [0.2, 0.25) is 5.02 Å². The van der Waals surface area contributed by atoms with E-state index in [1.165, 1.54) is 0 Å². The fourth-order valence-corrected chi connectivity index (χ4v) is 5.69. The molecule has 1 saturated heterocycles. The highest BCUT2D eigenvalue weighted by Crippen LogP contribution is 2.34. The number of likely N-dealkylation sites (tertiary alicyclic amines) is 1. The summed E-state index contributed by atoms with van der Waals surface area (Å²) in [6, 6.07) is 12.9. The van der Waals surface area contributed by atoms with Crippen molar-refractivity contribution in [3.8, 4) is 5.75 Å². The molecule has 0 atom stereocenters. The molecule has 0 spiro atoms. The normalized spacial score (nSPS) is 16.2. The summed E-state index contributed by atoms with van der Waals surface area (Å²) in [6.07, 6.45) is 4.89. The van der Waals surface area contributed by atoms with Crippen molar-refractivity contribution in [2.24, 2.45) is 10.7 Å². The van der Waals surface area contributed by atoms with Gasteiger partial charge in [-0.3, -0.25) is 9.79 Å². The van der Waals surface area contributed by atoms with E-state index in [1.54, 1.807) is 38.6 Å². The number of methoxy groups -OCH3 is 1. The zero-order valence-electron chi connectivity index (χ0n) is 23.9. The number of rotatable bonds is 9. The summed E-state index contributed by atoms with van der Waals surface area (Å²) < 4.78 is 5.63. The molecule has 1 fully saturated rings. The predicted octanol–water partition coefficient (Wildman–Crippen LogP) is 3.80. The van der Waals surface area contributed by atoms with Crippen LogP contribution in [0.3, 0.4) is 0 Å². The van der Waals surface area contributed by atoms with Gasteiger partial charge in [-0.2, -0.15) is 0 Å². The Morgan fingerprint density at radius 1 is 1.21 bits per heavy atom. The minimum atomic E-state index is -0.151. The Hall–Kier alpha value is -3.99. The molecule has 5 rings (SSSR count). The molecule has 0 bridgehead atoms. The molecule has 5 N–H and O–H groups in total. The predicted molar refractivity (Wildman–Crippen MR) is 166 cm³/mol. The van der Waals surface area contributed by atoms with Gasteiger partial charge in [0.15, 0.2) is 0 Å². The van der Waals surface area contributed by atoms with Gasteiger partial charge in [-0.1, -0.05) is 29.8 Å². The topological polar surface area (TPSA) is 138 Å². The number of benzene rings is 2. The zero-order valence-corrected chi connectivity index (χ0v) is 24.6. The molecule has 0 saturated carbocycles. The van der Waals surface area contributed by atoms with Crippen LogP contribution in [0.25, 0.3) is 5.57 Å². The number of amides is 1. The SMILES string of the molecule is CN=C(C1=C(N)CCc2cnc(Nc3ccc(C(=O)NC4CCN(CCO)CC4)cc3OC)nc21)c1ccccc1Cl. The number of allylic oxidation sites excluding steroid dienone is 2. The van der Waals surface area contributed by atoms with Crippen LogP contribution < -0.4 is 21.1 Å². The molecule has 0 unspecified atom stereocenters. The number of nitrogens with zero attached hydrogens (tertiary/aromatic N) is 4. The van der Waals surface area contributed by atoms with E-state index >= 15 is 0 Å². The number of halogens is 1. The molecule has 0 radical (unpaired) electrons. The number of carbonyl (C=O) groups excluding carboxylic acids is 1. The first kappa shape index (κ1) is 29.5. The molecular formula is C31H36ClN7O3. The number of fused-ring (bicyclic) bond motifs is 1. The second-order valence-corrected chi connectivity index (χ2v) is 10.8. The van der Waals surface area contributed by atoms with Crippen molar-refractivity contribution in [2.75, 3.05) is 45.7 Å². The highest BCUT2D eigenvalue weighted by Gasteiger charge is 2.26. The van der Waals surface area contributed by atoms with Gasteiger partial charge in [-0.25, -0.2) is 9.97 Å². The van der Waals surface area contributed by atoms with Crippen LogP contribution >= 0.6 is 11.6 Å². The molecule has 42 heavy (non-hydrogen) atoms. The lowest BCUT2D eigenvalue weighted by atomic mass is 9.88. The third-order valence-electron chi connectivity index (χ3n) is 7.72. The van der Waals surface area contributed by atoms with E-state index in [0.29, 0.717) is 58.0 Å². The smallest absolute Gasteiger partial charge is 0.251 e. The number of nitrogens with one attached hydrogen (secondary N) is 2. The van der Waals surface area contributed by atoms with Crippen LogP contribution in [0.4, 0.5) is 11.6 Å². The summed E-state index contributed by atoms with van der Waals surface area (Å²) in [6.45, 7) is 2.52. The molecule has 1 aliphatic heterocycles. The summed E-state index contributed by atoms with van der Waals surface area (Å²) in [5, 5.41) is 16.1. The Morgan fingerprint density at radius 2 is 2.00 bits per heavy atom. The Labute approximate surface area is 250 Å². The number of nitrogens with two attached hydrogens (primary N) is 1. The van der Waals surface area contributed by atoms with E-state index in [-0.39, 0.29) is 18.6 Å². The lowest BCUT2D eigenvalue weighted by molar-refractivity contribution is 0.0903. The van der Waals surface area contributed by atoms with E-state index in [4.69, 9.17) is 32.2 Å². The maximum Gasteiger partial charge on any atom is 0.251 e. The first-order valence-electron chi connectivity index (χ1n) is 14.1. The Kier molecular flexibility index (Phi) is 9.36. The Morgan fingerprint density at radius 3 is 2.71 bits per heavy atom. The van der Waals surface area contributed by atoms with Gasteiger partial charge in [0.05, 0.1) is 30.8 Å². The second-order valence-electron chi connectivity index (χ2n) is 10.4. The third kappa shape index (κ3) is 6.41. The summed E-state index contributed by atoms with van der Waals surface area (Å²) in [7, 11) is 3.28. The van der Waals surface area contributed by atoms with Crippen LogP contribution in [-0.4, -0.2) is 78.0 Å². The van der Waals surface area contributed by atoms with E-state index in [0.717, 1.165) is 49.1 Å². The van der Waals surface area contributed by atoms with Crippen molar-refractivity contribution in [1.29, 1.82) is 0 Å². The number of piperidine rings is 1. The van der Waals surface area contributed by atoms with Crippen molar-refractivity contribution in [2.45, 2.75) is 31.7 Å².